The molecule has 13 nitrogen and oxygen atoms in total. The second kappa shape index (κ2) is 13.8. The SMILES string of the molecule is C#Cc1c(F)ccc2cc(O)cc(-c3nc4c5c(nc(OC[C@@]67CCCN6C[C@H](F)C7)nc5c3F)N3C[C@@H]5CC[C@H](C3CO4)N5C(=O)OC(C)OC(=O)C(C)(C)C)c12. The molecule has 1 amide bonds. The minimum absolute atomic E-state index is 0.0148. The number of nitrogens with zero attached hydrogens (tertiary/aromatic N) is 6. The molecule has 2 aromatic carbocycles. The number of carbonyl (C=O) groups excluding carboxylic acids is 2. The van der Waals surface area contributed by atoms with Crippen LogP contribution in [-0.4, -0.2) is 111 Å². The van der Waals surface area contributed by atoms with Crippen LogP contribution in [0, 0.1) is 29.4 Å². The molecule has 6 atom stereocenters. The van der Waals surface area contributed by atoms with Crippen molar-refractivity contribution in [2.45, 2.75) is 95.9 Å². The summed E-state index contributed by atoms with van der Waals surface area (Å²) in [7, 11) is 0. The van der Waals surface area contributed by atoms with Gasteiger partial charge >= 0.3 is 18.1 Å². The smallest absolute Gasteiger partial charge is 0.413 e. The van der Waals surface area contributed by atoms with E-state index in [-0.39, 0.29) is 82.4 Å². The number of alkyl halides is 1. The third-order valence-corrected chi connectivity index (χ3v) is 12.2. The summed E-state index contributed by atoms with van der Waals surface area (Å²) in [4.78, 5) is 46.1. The first kappa shape index (κ1) is 38.0. The quantitative estimate of drug-likeness (QED) is 0.134. The lowest BCUT2D eigenvalue weighted by Crippen LogP contribution is -2.63. The summed E-state index contributed by atoms with van der Waals surface area (Å²) in [6.07, 6.45) is 6.08. The van der Waals surface area contributed by atoms with E-state index in [2.05, 4.69) is 20.8 Å². The number of esters is 1. The molecule has 0 saturated carbocycles. The highest BCUT2D eigenvalue weighted by Gasteiger charge is 2.52. The fourth-order valence-corrected chi connectivity index (χ4v) is 9.55. The summed E-state index contributed by atoms with van der Waals surface area (Å²) in [5.41, 5.74) is -1.98. The van der Waals surface area contributed by atoms with Gasteiger partial charge in [0.15, 0.2) is 5.82 Å². The van der Waals surface area contributed by atoms with E-state index in [9.17, 15) is 19.1 Å². The maximum atomic E-state index is 17.4. The highest BCUT2D eigenvalue weighted by Crippen LogP contribution is 2.47. The van der Waals surface area contributed by atoms with Gasteiger partial charge in [-0.05, 0) is 76.6 Å². The van der Waals surface area contributed by atoms with Crippen LogP contribution in [0.1, 0.15) is 65.4 Å². The molecule has 0 aliphatic carbocycles. The number of rotatable bonds is 6. The number of hydrogen-bond donors (Lipinski definition) is 1. The van der Waals surface area contributed by atoms with Gasteiger partial charge in [-0.3, -0.25) is 14.6 Å². The van der Waals surface area contributed by atoms with Crippen molar-refractivity contribution in [3.63, 3.8) is 0 Å². The second-order valence-corrected chi connectivity index (χ2v) is 17.0. The van der Waals surface area contributed by atoms with Crippen LogP contribution in [0.3, 0.4) is 0 Å². The van der Waals surface area contributed by atoms with Gasteiger partial charge < -0.3 is 29.0 Å². The molecular weight excluding hydrogens is 757 g/mol. The van der Waals surface area contributed by atoms with Crippen molar-refractivity contribution in [3.05, 3.63) is 41.5 Å². The van der Waals surface area contributed by atoms with Crippen LogP contribution in [-0.2, 0) is 14.3 Å². The highest BCUT2D eigenvalue weighted by molar-refractivity contribution is 6.04. The molecular formula is C42H43F3N6O7. The van der Waals surface area contributed by atoms with Gasteiger partial charge in [-0.1, -0.05) is 12.0 Å². The Kier molecular flexibility index (Phi) is 9.03. The predicted octanol–water partition coefficient (Wildman–Crippen LogP) is 6.25. The Morgan fingerprint density at radius 1 is 1.10 bits per heavy atom. The van der Waals surface area contributed by atoms with Crippen LogP contribution in [0.2, 0.25) is 0 Å². The average molecular weight is 801 g/mol. The number of halogens is 3. The molecule has 16 heteroatoms. The zero-order chi connectivity index (χ0) is 40.8. The topological polar surface area (TPSA) is 140 Å². The molecule has 2 bridgehead atoms. The highest BCUT2D eigenvalue weighted by atomic mass is 19.1. The lowest BCUT2D eigenvalue weighted by Gasteiger charge is -2.46. The molecule has 5 aliphatic rings. The molecule has 5 aliphatic heterocycles. The molecule has 7 heterocycles. The molecule has 9 rings (SSSR count). The van der Waals surface area contributed by atoms with Crippen LogP contribution in [0.4, 0.5) is 23.8 Å². The van der Waals surface area contributed by atoms with Gasteiger partial charge in [0.25, 0.3) is 0 Å². The average Bonchev–Trinajstić information content (AvgIpc) is 3.78. The third kappa shape index (κ3) is 6.16. The number of terminal acetylenes is 1. The Labute approximate surface area is 332 Å². The number of pyridine rings is 1. The van der Waals surface area contributed by atoms with E-state index in [1.54, 1.807) is 25.7 Å². The van der Waals surface area contributed by atoms with E-state index >= 15 is 8.78 Å². The molecule has 304 valence electrons. The van der Waals surface area contributed by atoms with Gasteiger partial charge in [-0.2, -0.15) is 9.97 Å². The fraction of sp³-hybridized carbons (Fsp3) is 0.500. The molecule has 4 aromatic rings. The van der Waals surface area contributed by atoms with Crippen molar-refractivity contribution in [3.8, 4) is 41.2 Å². The van der Waals surface area contributed by atoms with Crippen molar-refractivity contribution < 1.29 is 46.8 Å². The van der Waals surface area contributed by atoms with Crippen molar-refractivity contribution in [2.24, 2.45) is 5.41 Å². The summed E-state index contributed by atoms with van der Waals surface area (Å²) in [5, 5.41) is 11.4. The van der Waals surface area contributed by atoms with E-state index in [0.29, 0.717) is 31.2 Å². The number of piperazine rings is 1. The van der Waals surface area contributed by atoms with Crippen LogP contribution < -0.4 is 14.4 Å². The van der Waals surface area contributed by atoms with Crippen LogP contribution in [0.15, 0.2) is 24.3 Å². The third-order valence-electron chi connectivity index (χ3n) is 12.2. The van der Waals surface area contributed by atoms with Crippen LogP contribution >= 0.6 is 0 Å². The zero-order valence-corrected chi connectivity index (χ0v) is 32.6. The van der Waals surface area contributed by atoms with E-state index in [0.717, 1.165) is 19.4 Å². The Bertz CT molecular complexity index is 2420. The first-order valence-electron chi connectivity index (χ1n) is 19.6. The molecule has 2 unspecified atom stereocenters. The summed E-state index contributed by atoms with van der Waals surface area (Å²) >= 11 is 0. The van der Waals surface area contributed by atoms with Crippen molar-refractivity contribution in [1.29, 1.82) is 0 Å². The lowest BCUT2D eigenvalue weighted by atomic mass is 9.95. The Morgan fingerprint density at radius 3 is 2.69 bits per heavy atom. The van der Waals surface area contributed by atoms with Gasteiger partial charge in [0, 0.05) is 37.4 Å². The van der Waals surface area contributed by atoms with Gasteiger partial charge in [-0.25, -0.2) is 22.9 Å². The van der Waals surface area contributed by atoms with Crippen molar-refractivity contribution >= 4 is 39.6 Å². The number of phenols is 1. The molecule has 0 radical (unpaired) electrons. The van der Waals surface area contributed by atoms with Gasteiger partial charge in [0.05, 0.1) is 34.6 Å². The molecule has 4 saturated heterocycles. The standard InChI is InChI=1S/C42H43F3N6O7/c1-6-26-28(44)10-8-22-14-25(52)15-27(31(22)26)34-33(45)35-32-36(48-39(47-35)56-20-42-12-7-13-49(42)17-23(43)16-42)50-18-24-9-11-29(30(50)19-55-37(32)46-34)51(24)40(54)58-21(2)57-38(53)41(3,4)5/h1,8,10,14-15,21,23-24,29-30,52H,7,9,11-13,16-20H2,2-5H3/t21?,23-,24+,29-,30?,42+/m1/s1. The van der Waals surface area contributed by atoms with Crippen molar-refractivity contribution in [1.82, 2.24) is 24.8 Å². The van der Waals surface area contributed by atoms with E-state index < -0.39 is 59.2 Å². The summed E-state index contributed by atoms with van der Waals surface area (Å²) in [6, 6.07) is 3.78. The number of amides is 1. The van der Waals surface area contributed by atoms with Crippen LogP contribution in [0.5, 0.6) is 17.6 Å². The maximum absolute atomic E-state index is 17.4. The number of hydrogen-bond acceptors (Lipinski definition) is 12. The van der Waals surface area contributed by atoms with Crippen LogP contribution in [0.25, 0.3) is 32.9 Å². The molecule has 0 spiro atoms. The predicted molar refractivity (Wildman–Crippen MR) is 205 cm³/mol. The van der Waals surface area contributed by atoms with E-state index in [4.69, 9.17) is 30.4 Å². The number of anilines is 1. The number of benzene rings is 2. The number of aromatic hydroxyl groups is 1. The minimum atomic E-state index is -1.14. The van der Waals surface area contributed by atoms with E-state index in [1.807, 2.05) is 4.90 Å². The largest absolute Gasteiger partial charge is 0.508 e. The number of aromatic nitrogens is 3. The lowest BCUT2D eigenvalue weighted by molar-refractivity contribution is -0.176. The maximum Gasteiger partial charge on any atom is 0.413 e. The monoisotopic (exact) mass is 800 g/mol. The zero-order valence-electron chi connectivity index (χ0n) is 32.6. The summed E-state index contributed by atoms with van der Waals surface area (Å²) in [5.74, 6) is 0.236. The second-order valence-electron chi connectivity index (χ2n) is 17.0. The molecule has 4 fully saturated rings. The fourth-order valence-electron chi connectivity index (χ4n) is 9.55. The molecule has 2 aromatic heterocycles. The summed E-state index contributed by atoms with van der Waals surface area (Å²) < 4.78 is 71.0. The Hall–Kier alpha value is -5.56. The number of ether oxygens (including phenoxy) is 4. The van der Waals surface area contributed by atoms with E-state index in [1.165, 1.54) is 31.2 Å². The molecule has 58 heavy (non-hydrogen) atoms. The molecule has 1 N–H and O–H groups in total. The first-order valence-corrected chi connectivity index (χ1v) is 19.6. The first-order chi connectivity index (χ1) is 27.7. The Balaban J connectivity index is 1.14. The van der Waals surface area contributed by atoms with Gasteiger partial charge in [0.1, 0.15) is 53.4 Å². The summed E-state index contributed by atoms with van der Waals surface area (Å²) in [6.45, 7) is 7.97. The normalized spacial score (nSPS) is 25.5. The van der Waals surface area contributed by atoms with Gasteiger partial charge in [0.2, 0.25) is 12.2 Å². The Morgan fingerprint density at radius 2 is 1.91 bits per heavy atom. The number of fused-ring (bicyclic) bond motifs is 7. The van der Waals surface area contributed by atoms with Crippen molar-refractivity contribution in [2.75, 3.05) is 37.7 Å². The number of phenolic OH excluding ortho intramolecular Hbond substituents is 1. The number of carbonyl (C=O) groups is 2. The van der Waals surface area contributed by atoms with Gasteiger partial charge in [-0.15, -0.1) is 6.42 Å². The minimum Gasteiger partial charge on any atom is -0.508 e.